The summed E-state index contributed by atoms with van der Waals surface area (Å²) in [6.07, 6.45) is 4.29. The van der Waals surface area contributed by atoms with E-state index in [1.165, 1.54) is 16.7 Å². The Bertz CT molecular complexity index is 688. The van der Waals surface area contributed by atoms with E-state index in [0.717, 1.165) is 38.6 Å². The van der Waals surface area contributed by atoms with Crippen molar-refractivity contribution in [2.24, 2.45) is 5.92 Å². The molecule has 2 aliphatic heterocycles. The number of hydrogen-bond donors (Lipinski definition) is 2. The first-order valence-electron chi connectivity index (χ1n) is 9.01. The van der Waals surface area contributed by atoms with Crippen LogP contribution in [0.25, 0.3) is 0 Å². The maximum Gasteiger partial charge on any atom is 0.165 e. The zero-order valence-electron chi connectivity index (χ0n) is 13.9. The third kappa shape index (κ3) is 1.50. The van der Waals surface area contributed by atoms with Crippen LogP contribution in [-0.2, 0) is 18.3 Å². The van der Waals surface area contributed by atoms with Crippen molar-refractivity contribution in [3.63, 3.8) is 0 Å². The number of aliphatic hydroxyl groups excluding tert-OH is 1. The molecule has 1 saturated heterocycles. The summed E-state index contributed by atoms with van der Waals surface area (Å²) in [4.78, 5) is 2.51. The Morgan fingerprint density at radius 1 is 1.39 bits per heavy atom. The average Bonchev–Trinajstić information content (AvgIpc) is 2.89. The molecule has 4 aliphatic rings. The van der Waals surface area contributed by atoms with E-state index in [-0.39, 0.29) is 17.3 Å². The van der Waals surface area contributed by atoms with Gasteiger partial charge in [0.1, 0.15) is 6.10 Å². The molecule has 0 aromatic heterocycles. The molecule has 0 amide bonds. The minimum atomic E-state index is -0.418. The quantitative estimate of drug-likeness (QED) is 0.832. The Balaban J connectivity index is 1.83. The fourth-order valence-corrected chi connectivity index (χ4v) is 6.19. The van der Waals surface area contributed by atoms with E-state index >= 15 is 0 Å². The number of likely N-dealkylation sites (tertiary alicyclic amines) is 1. The highest BCUT2D eigenvalue weighted by molar-refractivity contribution is 5.63. The molecular weight excluding hydrogens is 290 g/mol. The summed E-state index contributed by atoms with van der Waals surface area (Å²) in [7, 11) is 2.24. The first-order valence-corrected chi connectivity index (χ1v) is 9.01. The Hall–Kier alpha value is -1.26. The Morgan fingerprint density at radius 2 is 2.22 bits per heavy atom. The minimum Gasteiger partial charge on any atom is -0.504 e. The monoisotopic (exact) mass is 315 g/mol. The van der Waals surface area contributed by atoms with Gasteiger partial charge >= 0.3 is 0 Å². The van der Waals surface area contributed by atoms with E-state index in [1.54, 1.807) is 0 Å². The van der Waals surface area contributed by atoms with E-state index in [4.69, 9.17) is 4.74 Å². The molecular formula is C19H25NO3. The van der Waals surface area contributed by atoms with Crippen LogP contribution in [0.3, 0.4) is 0 Å². The zero-order chi connectivity index (χ0) is 15.9. The van der Waals surface area contributed by atoms with E-state index < -0.39 is 6.10 Å². The van der Waals surface area contributed by atoms with Crippen molar-refractivity contribution in [2.45, 2.75) is 62.7 Å². The average molecular weight is 315 g/mol. The maximum atomic E-state index is 10.7. The molecule has 5 atom stereocenters. The highest BCUT2D eigenvalue weighted by Gasteiger charge is 2.65. The van der Waals surface area contributed by atoms with Crippen molar-refractivity contribution < 1.29 is 14.9 Å². The third-order valence-electron chi connectivity index (χ3n) is 7.17. The lowest BCUT2D eigenvalue weighted by Gasteiger charge is -2.58. The van der Waals surface area contributed by atoms with Gasteiger partial charge in [-0.15, -0.1) is 0 Å². The first-order chi connectivity index (χ1) is 11.1. The molecule has 0 unspecified atom stereocenters. The Labute approximate surface area is 137 Å². The van der Waals surface area contributed by atoms with Crippen LogP contribution in [0.1, 0.15) is 42.9 Å². The van der Waals surface area contributed by atoms with Crippen LogP contribution in [0.4, 0.5) is 0 Å². The lowest BCUT2D eigenvalue weighted by Crippen LogP contribution is -2.66. The fourth-order valence-electron chi connectivity index (χ4n) is 6.19. The number of phenolic OH excluding ortho intramolecular Hbond substituents is 1. The molecule has 5 rings (SSSR count). The lowest BCUT2D eigenvalue weighted by atomic mass is 9.51. The van der Waals surface area contributed by atoms with Gasteiger partial charge in [-0.1, -0.05) is 6.92 Å². The minimum absolute atomic E-state index is 0.0829. The number of rotatable bonds is 1. The smallest absolute Gasteiger partial charge is 0.165 e. The Kier molecular flexibility index (Phi) is 2.71. The van der Waals surface area contributed by atoms with Crippen LogP contribution < -0.4 is 4.74 Å². The summed E-state index contributed by atoms with van der Waals surface area (Å²) >= 11 is 0. The van der Waals surface area contributed by atoms with Crippen LogP contribution in [-0.4, -0.2) is 47.0 Å². The lowest BCUT2D eigenvalue weighted by molar-refractivity contribution is -0.0994. The number of benzene rings is 1. The maximum absolute atomic E-state index is 10.7. The number of piperidine rings is 1. The largest absolute Gasteiger partial charge is 0.504 e. The molecule has 4 heteroatoms. The van der Waals surface area contributed by atoms with Gasteiger partial charge in [-0.05, 0) is 68.8 Å². The molecule has 0 radical (unpaired) electrons. The normalized spacial score (nSPS) is 40.7. The number of ether oxygens (including phenoxy) is 1. The number of phenols is 1. The van der Waals surface area contributed by atoms with Crippen molar-refractivity contribution in [1.29, 1.82) is 0 Å². The summed E-state index contributed by atoms with van der Waals surface area (Å²) < 4.78 is 6.24. The molecule has 124 valence electrons. The third-order valence-corrected chi connectivity index (χ3v) is 7.17. The van der Waals surface area contributed by atoms with Gasteiger partial charge in [-0.3, -0.25) is 0 Å². The second-order valence-corrected chi connectivity index (χ2v) is 7.92. The van der Waals surface area contributed by atoms with Crippen molar-refractivity contribution in [3.8, 4) is 11.5 Å². The number of likely N-dealkylation sites (N-methyl/N-ethyl adjacent to an activating group) is 1. The van der Waals surface area contributed by atoms with Gasteiger partial charge < -0.3 is 19.8 Å². The topological polar surface area (TPSA) is 52.9 Å². The Morgan fingerprint density at radius 3 is 3.00 bits per heavy atom. The van der Waals surface area contributed by atoms with Gasteiger partial charge in [0, 0.05) is 17.0 Å². The summed E-state index contributed by atoms with van der Waals surface area (Å²) in [5, 5.41) is 21.2. The highest BCUT2D eigenvalue weighted by atomic mass is 16.5. The molecule has 2 N–H and O–H groups in total. The molecule has 2 aliphatic carbocycles. The molecule has 1 saturated carbocycles. The van der Waals surface area contributed by atoms with E-state index in [1.807, 2.05) is 6.07 Å². The predicted octanol–water partition coefficient (Wildman–Crippen LogP) is 1.98. The summed E-state index contributed by atoms with van der Waals surface area (Å²) in [6, 6.07) is 2.43. The van der Waals surface area contributed by atoms with E-state index in [0.29, 0.717) is 17.7 Å². The van der Waals surface area contributed by atoms with Gasteiger partial charge in [0.25, 0.3) is 0 Å². The van der Waals surface area contributed by atoms with Gasteiger partial charge in [-0.25, -0.2) is 0 Å². The highest BCUT2D eigenvalue weighted by Crippen LogP contribution is 2.64. The number of aromatic hydroxyl groups is 1. The van der Waals surface area contributed by atoms with Crippen LogP contribution in [0.5, 0.6) is 11.5 Å². The summed E-state index contributed by atoms with van der Waals surface area (Å²) in [6.45, 7) is 3.20. The fraction of sp³-hybridized carbons (Fsp3) is 0.684. The SMILES string of the molecule is CCc1cc(O)c2c3c1C[C@@H]1[C@@H]4CC[C@H](O)[C@H](O2)[C@]34CCN1C. The standard InChI is InChI=1S/C19H25NO3/c1-3-10-8-15(22)17-16-11(10)9-13-12-4-5-14(21)18(23-17)19(12,16)6-7-20(13)2/h8,12-14,18,21-22H,3-7,9H2,1-2H3/t12-,13+,14-,18-,19-/m0/s1. The van der Waals surface area contributed by atoms with Crippen molar-refractivity contribution >= 4 is 0 Å². The molecule has 1 aromatic carbocycles. The van der Waals surface area contributed by atoms with Crippen molar-refractivity contribution in [1.82, 2.24) is 4.90 Å². The molecule has 4 nitrogen and oxygen atoms in total. The molecule has 1 spiro atoms. The van der Waals surface area contributed by atoms with Crippen LogP contribution in [0.2, 0.25) is 0 Å². The number of nitrogens with zero attached hydrogens (tertiary/aromatic N) is 1. The molecule has 1 aromatic rings. The predicted molar refractivity (Wildman–Crippen MR) is 87.0 cm³/mol. The van der Waals surface area contributed by atoms with Gasteiger partial charge in [0.15, 0.2) is 11.5 Å². The zero-order valence-corrected chi connectivity index (χ0v) is 13.9. The van der Waals surface area contributed by atoms with Crippen molar-refractivity contribution in [2.75, 3.05) is 13.6 Å². The van der Waals surface area contributed by atoms with E-state index in [9.17, 15) is 10.2 Å². The van der Waals surface area contributed by atoms with Crippen LogP contribution >= 0.6 is 0 Å². The van der Waals surface area contributed by atoms with Gasteiger partial charge in [-0.2, -0.15) is 0 Å². The van der Waals surface area contributed by atoms with Gasteiger partial charge in [0.05, 0.1) is 6.10 Å². The van der Waals surface area contributed by atoms with Crippen LogP contribution in [0, 0.1) is 5.92 Å². The molecule has 2 fully saturated rings. The number of aliphatic hydroxyl groups is 1. The summed E-state index contributed by atoms with van der Waals surface area (Å²) in [5.41, 5.74) is 3.82. The van der Waals surface area contributed by atoms with E-state index in [2.05, 4.69) is 18.9 Å². The second-order valence-electron chi connectivity index (χ2n) is 7.92. The number of aryl methyl sites for hydroxylation is 1. The first kappa shape index (κ1) is 14.1. The molecule has 23 heavy (non-hydrogen) atoms. The summed E-state index contributed by atoms with van der Waals surface area (Å²) in [5.74, 6) is 1.48. The second kappa shape index (κ2) is 4.42. The molecule has 2 heterocycles. The molecule has 2 bridgehead atoms. The van der Waals surface area contributed by atoms with Crippen molar-refractivity contribution in [3.05, 3.63) is 22.8 Å². The van der Waals surface area contributed by atoms with Crippen LogP contribution in [0.15, 0.2) is 6.07 Å². The van der Waals surface area contributed by atoms with Gasteiger partial charge in [0.2, 0.25) is 0 Å². The number of hydrogen-bond acceptors (Lipinski definition) is 4.